The standard InChI is InChI=1S/C16H30N4O3/c1-4-5-6-13(7-8-21)19-15-14(11-18-16(17)20-15)23-10-9-22-12(2)3/h11-13,21H,4-10H2,1-3H3,(H3,17,18,19,20)/t13-/m0/s1. The summed E-state index contributed by atoms with van der Waals surface area (Å²) in [6.07, 6.45) is 5.52. The lowest BCUT2D eigenvalue weighted by molar-refractivity contribution is 0.0553. The highest BCUT2D eigenvalue weighted by Crippen LogP contribution is 2.24. The summed E-state index contributed by atoms with van der Waals surface area (Å²) < 4.78 is 11.2. The number of rotatable bonds is 12. The van der Waals surface area contributed by atoms with Crippen LogP contribution in [0.5, 0.6) is 5.75 Å². The molecule has 0 saturated heterocycles. The normalized spacial score (nSPS) is 12.4. The Kier molecular flexibility index (Phi) is 9.31. The van der Waals surface area contributed by atoms with Crippen LogP contribution in [0.25, 0.3) is 0 Å². The SMILES string of the molecule is CCCC[C@@H](CCO)Nc1nc(N)ncc1OCCOC(C)C. The van der Waals surface area contributed by atoms with E-state index in [4.69, 9.17) is 15.2 Å². The number of hydrogen-bond acceptors (Lipinski definition) is 7. The van der Waals surface area contributed by atoms with Crippen molar-refractivity contribution in [1.29, 1.82) is 0 Å². The lowest BCUT2D eigenvalue weighted by Crippen LogP contribution is -2.23. The van der Waals surface area contributed by atoms with Gasteiger partial charge in [0.2, 0.25) is 5.95 Å². The van der Waals surface area contributed by atoms with Gasteiger partial charge in [0.15, 0.2) is 11.6 Å². The summed E-state index contributed by atoms with van der Waals surface area (Å²) in [7, 11) is 0. The molecule has 4 N–H and O–H groups in total. The van der Waals surface area contributed by atoms with Crippen LogP contribution in [0.4, 0.5) is 11.8 Å². The molecule has 1 heterocycles. The molecule has 0 fully saturated rings. The molecule has 0 aliphatic rings. The summed E-state index contributed by atoms with van der Waals surface area (Å²) in [5.74, 6) is 1.30. The zero-order valence-corrected chi connectivity index (χ0v) is 14.4. The Hall–Kier alpha value is -1.60. The molecule has 7 heteroatoms. The third kappa shape index (κ3) is 7.99. The van der Waals surface area contributed by atoms with E-state index in [2.05, 4.69) is 22.2 Å². The predicted molar refractivity (Wildman–Crippen MR) is 91.7 cm³/mol. The van der Waals surface area contributed by atoms with Crippen LogP contribution in [0, 0.1) is 0 Å². The number of aliphatic hydroxyl groups is 1. The van der Waals surface area contributed by atoms with E-state index in [-0.39, 0.29) is 24.7 Å². The van der Waals surface area contributed by atoms with Crippen LogP contribution in [-0.4, -0.2) is 47.0 Å². The molecule has 132 valence electrons. The second kappa shape index (κ2) is 11.0. The number of aliphatic hydroxyl groups excluding tert-OH is 1. The molecule has 0 amide bonds. The minimum Gasteiger partial charge on any atom is -0.486 e. The molecular weight excluding hydrogens is 296 g/mol. The molecule has 1 rings (SSSR count). The van der Waals surface area contributed by atoms with Gasteiger partial charge in [-0.05, 0) is 26.7 Å². The van der Waals surface area contributed by atoms with Gasteiger partial charge in [-0.1, -0.05) is 19.8 Å². The topological polar surface area (TPSA) is 103 Å². The molecule has 0 unspecified atom stereocenters. The van der Waals surface area contributed by atoms with E-state index in [1.807, 2.05) is 13.8 Å². The molecule has 0 spiro atoms. The van der Waals surface area contributed by atoms with Crippen molar-refractivity contribution in [2.75, 3.05) is 30.9 Å². The summed E-state index contributed by atoms with van der Waals surface area (Å²) in [4.78, 5) is 8.21. The Morgan fingerprint density at radius 3 is 2.74 bits per heavy atom. The Bertz CT molecular complexity index is 443. The number of nitrogens with one attached hydrogen (secondary N) is 1. The zero-order valence-electron chi connectivity index (χ0n) is 14.4. The molecule has 1 aromatic heterocycles. The molecule has 7 nitrogen and oxygen atoms in total. The van der Waals surface area contributed by atoms with Gasteiger partial charge < -0.3 is 25.6 Å². The van der Waals surface area contributed by atoms with Gasteiger partial charge >= 0.3 is 0 Å². The maximum atomic E-state index is 9.22. The zero-order chi connectivity index (χ0) is 17.1. The molecule has 0 aromatic carbocycles. The van der Waals surface area contributed by atoms with Crippen LogP contribution in [-0.2, 0) is 4.74 Å². The number of nitrogens with two attached hydrogens (primary N) is 1. The van der Waals surface area contributed by atoms with Crippen LogP contribution >= 0.6 is 0 Å². The molecule has 1 aromatic rings. The van der Waals surface area contributed by atoms with E-state index in [9.17, 15) is 5.11 Å². The second-order valence-electron chi connectivity index (χ2n) is 5.70. The van der Waals surface area contributed by atoms with E-state index in [1.165, 1.54) is 0 Å². The smallest absolute Gasteiger partial charge is 0.222 e. The summed E-state index contributed by atoms with van der Waals surface area (Å²) in [6.45, 7) is 7.14. The third-order valence-corrected chi connectivity index (χ3v) is 3.29. The van der Waals surface area contributed by atoms with E-state index in [0.717, 1.165) is 19.3 Å². The molecule has 0 aliphatic heterocycles. The van der Waals surface area contributed by atoms with E-state index in [1.54, 1.807) is 6.20 Å². The maximum Gasteiger partial charge on any atom is 0.222 e. The lowest BCUT2D eigenvalue weighted by atomic mass is 10.1. The number of nitrogen functional groups attached to an aromatic ring is 1. The van der Waals surface area contributed by atoms with Gasteiger partial charge in [-0.2, -0.15) is 4.98 Å². The number of nitrogens with zero attached hydrogens (tertiary/aromatic N) is 2. The Labute approximate surface area is 138 Å². The third-order valence-electron chi connectivity index (χ3n) is 3.29. The van der Waals surface area contributed by atoms with Crippen molar-refractivity contribution in [3.8, 4) is 5.75 Å². The van der Waals surface area contributed by atoms with E-state index < -0.39 is 0 Å². The summed E-state index contributed by atoms with van der Waals surface area (Å²) in [5, 5.41) is 12.5. The highest BCUT2D eigenvalue weighted by Gasteiger charge is 2.13. The van der Waals surface area contributed by atoms with Crippen molar-refractivity contribution in [3.05, 3.63) is 6.20 Å². The Balaban J connectivity index is 2.68. The first-order chi connectivity index (χ1) is 11.1. The Morgan fingerprint density at radius 2 is 2.09 bits per heavy atom. The highest BCUT2D eigenvalue weighted by molar-refractivity contribution is 5.51. The molecule has 0 aliphatic carbocycles. The summed E-state index contributed by atoms with van der Waals surface area (Å²) in [5.41, 5.74) is 5.68. The fourth-order valence-corrected chi connectivity index (χ4v) is 2.12. The van der Waals surface area contributed by atoms with Gasteiger partial charge in [0.05, 0.1) is 18.9 Å². The van der Waals surface area contributed by atoms with E-state index in [0.29, 0.717) is 31.2 Å². The van der Waals surface area contributed by atoms with Crippen LogP contribution in [0.1, 0.15) is 46.5 Å². The van der Waals surface area contributed by atoms with Gasteiger partial charge in [0, 0.05) is 12.6 Å². The minimum atomic E-state index is 0.125. The quantitative estimate of drug-likeness (QED) is 0.506. The van der Waals surface area contributed by atoms with Crippen LogP contribution in [0.3, 0.4) is 0 Å². The van der Waals surface area contributed by atoms with Crippen LogP contribution in [0.2, 0.25) is 0 Å². The predicted octanol–water partition coefficient (Wildman–Crippen LogP) is 2.22. The average Bonchev–Trinajstić information content (AvgIpc) is 2.51. The number of aromatic nitrogens is 2. The van der Waals surface area contributed by atoms with Gasteiger partial charge in [-0.25, -0.2) is 4.98 Å². The minimum absolute atomic E-state index is 0.125. The maximum absolute atomic E-state index is 9.22. The van der Waals surface area contributed by atoms with Crippen molar-refractivity contribution >= 4 is 11.8 Å². The monoisotopic (exact) mass is 326 g/mol. The van der Waals surface area contributed by atoms with Gasteiger partial charge in [-0.3, -0.25) is 0 Å². The molecular formula is C16H30N4O3. The van der Waals surface area contributed by atoms with Crippen molar-refractivity contribution in [3.63, 3.8) is 0 Å². The molecule has 0 saturated carbocycles. The van der Waals surface area contributed by atoms with Crippen LogP contribution in [0.15, 0.2) is 6.20 Å². The average molecular weight is 326 g/mol. The molecule has 0 bridgehead atoms. The highest BCUT2D eigenvalue weighted by atomic mass is 16.5. The first kappa shape index (κ1) is 19.4. The first-order valence-electron chi connectivity index (χ1n) is 8.31. The number of unbranched alkanes of at least 4 members (excludes halogenated alkanes) is 1. The van der Waals surface area contributed by atoms with Gasteiger partial charge in [0.25, 0.3) is 0 Å². The van der Waals surface area contributed by atoms with Crippen LogP contribution < -0.4 is 15.8 Å². The fraction of sp³-hybridized carbons (Fsp3) is 0.750. The lowest BCUT2D eigenvalue weighted by Gasteiger charge is -2.20. The molecule has 0 radical (unpaired) electrons. The fourth-order valence-electron chi connectivity index (χ4n) is 2.12. The summed E-state index contributed by atoms with van der Waals surface area (Å²) in [6, 6.07) is 0.128. The summed E-state index contributed by atoms with van der Waals surface area (Å²) >= 11 is 0. The van der Waals surface area contributed by atoms with Crippen molar-refractivity contribution in [1.82, 2.24) is 9.97 Å². The Morgan fingerprint density at radius 1 is 1.30 bits per heavy atom. The van der Waals surface area contributed by atoms with Crippen molar-refractivity contribution in [2.24, 2.45) is 0 Å². The largest absolute Gasteiger partial charge is 0.486 e. The van der Waals surface area contributed by atoms with Crippen molar-refractivity contribution in [2.45, 2.75) is 58.6 Å². The molecule has 23 heavy (non-hydrogen) atoms. The first-order valence-corrected chi connectivity index (χ1v) is 8.31. The number of hydrogen-bond donors (Lipinski definition) is 3. The van der Waals surface area contributed by atoms with Gasteiger partial charge in [0.1, 0.15) is 6.61 Å². The van der Waals surface area contributed by atoms with Crippen molar-refractivity contribution < 1.29 is 14.6 Å². The number of anilines is 2. The van der Waals surface area contributed by atoms with Gasteiger partial charge in [-0.15, -0.1) is 0 Å². The molecule has 1 atom stereocenters. The second-order valence-corrected chi connectivity index (χ2v) is 5.70. The van der Waals surface area contributed by atoms with E-state index >= 15 is 0 Å². The number of ether oxygens (including phenoxy) is 2.